The summed E-state index contributed by atoms with van der Waals surface area (Å²) >= 11 is 3.40. The zero-order chi connectivity index (χ0) is 13.0. The van der Waals surface area contributed by atoms with Gasteiger partial charge >= 0.3 is 0 Å². The molecule has 1 aromatic rings. The Labute approximate surface area is 118 Å². The van der Waals surface area contributed by atoms with Crippen LogP contribution in [0.2, 0.25) is 0 Å². The van der Waals surface area contributed by atoms with Gasteiger partial charge in [0.05, 0.1) is 6.04 Å². The largest absolute Gasteiger partial charge is 0.453 e. The molecular formula is C14H23BrN2O. The van der Waals surface area contributed by atoms with Gasteiger partial charge in [-0.05, 0) is 72.9 Å². The summed E-state index contributed by atoms with van der Waals surface area (Å²) in [5, 5.41) is 0. The Morgan fingerprint density at radius 2 is 2.28 bits per heavy atom. The summed E-state index contributed by atoms with van der Waals surface area (Å²) in [7, 11) is 0. The van der Waals surface area contributed by atoms with E-state index in [2.05, 4.69) is 33.8 Å². The SMILES string of the molecule is CCCN1CCCCC(CN)C1c1ccc(Br)o1. The fraction of sp³-hybridized carbons (Fsp3) is 0.714. The Kier molecular flexibility index (Phi) is 5.27. The molecule has 2 rings (SSSR count). The number of nitrogens with zero attached hydrogens (tertiary/aromatic N) is 1. The van der Waals surface area contributed by atoms with Crippen LogP contribution in [0, 0.1) is 5.92 Å². The number of furan rings is 1. The molecule has 3 nitrogen and oxygen atoms in total. The van der Waals surface area contributed by atoms with Gasteiger partial charge in [0.2, 0.25) is 0 Å². The van der Waals surface area contributed by atoms with Gasteiger partial charge in [0.15, 0.2) is 4.67 Å². The molecule has 18 heavy (non-hydrogen) atoms. The lowest BCUT2D eigenvalue weighted by molar-refractivity contribution is 0.135. The first kappa shape index (κ1) is 14.1. The van der Waals surface area contributed by atoms with Crippen LogP contribution in [0.1, 0.15) is 44.4 Å². The molecule has 1 fully saturated rings. The quantitative estimate of drug-likeness (QED) is 0.924. The Morgan fingerprint density at radius 1 is 1.44 bits per heavy atom. The molecule has 0 radical (unpaired) electrons. The van der Waals surface area contributed by atoms with E-state index in [1.165, 1.54) is 25.7 Å². The molecule has 0 saturated carbocycles. The monoisotopic (exact) mass is 314 g/mol. The van der Waals surface area contributed by atoms with Crippen LogP contribution < -0.4 is 5.73 Å². The zero-order valence-electron chi connectivity index (χ0n) is 11.1. The second kappa shape index (κ2) is 6.73. The number of hydrogen-bond donors (Lipinski definition) is 1. The van der Waals surface area contributed by atoms with Crippen molar-refractivity contribution in [2.45, 2.75) is 38.6 Å². The predicted molar refractivity (Wildman–Crippen MR) is 77.4 cm³/mol. The molecule has 2 heterocycles. The third-order valence-electron chi connectivity index (χ3n) is 3.81. The summed E-state index contributed by atoms with van der Waals surface area (Å²) in [5.41, 5.74) is 5.99. The van der Waals surface area contributed by atoms with Crippen molar-refractivity contribution < 1.29 is 4.42 Å². The van der Waals surface area contributed by atoms with Gasteiger partial charge in [-0.15, -0.1) is 0 Å². The number of nitrogens with two attached hydrogens (primary N) is 1. The lowest BCUT2D eigenvalue weighted by Gasteiger charge is -2.33. The maximum Gasteiger partial charge on any atom is 0.169 e. The number of halogens is 1. The highest BCUT2D eigenvalue weighted by molar-refractivity contribution is 9.10. The minimum absolute atomic E-state index is 0.351. The minimum Gasteiger partial charge on any atom is -0.453 e. The van der Waals surface area contributed by atoms with Crippen LogP contribution in [-0.2, 0) is 0 Å². The van der Waals surface area contributed by atoms with Gasteiger partial charge in [-0.1, -0.05) is 13.3 Å². The van der Waals surface area contributed by atoms with Crippen molar-refractivity contribution in [1.82, 2.24) is 4.90 Å². The van der Waals surface area contributed by atoms with E-state index < -0.39 is 0 Å². The molecule has 1 aromatic heterocycles. The van der Waals surface area contributed by atoms with Gasteiger partial charge in [0.1, 0.15) is 5.76 Å². The molecule has 0 aromatic carbocycles. The molecule has 4 heteroatoms. The normalized spacial score (nSPS) is 26.2. The maximum atomic E-state index is 5.99. The van der Waals surface area contributed by atoms with E-state index >= 15 is 0 Å². The highest BCUT2D eigenvalue weighted by Gasteiger charge is 2.31. The highest BCUT2D eigenvalue weighted by Crippen LogP contribution is 2.36. The first-order chi connectivity index (χ1) is 8.76. The van der Waals surface area contributed by atoms with Crippen molar-refractivity contribution in [1.29, 1.82) is 0 Å². The van der Waals surface area contributed by atoms with Crippen molar-refractivity contribution in [2.75, 3.05) is 19.6 Å². The van der Waals surface area contributed by atoms with E-state index in [4.69, 9.17) is 10.2 Å². The number of hydrogen-bond acceptors (Lipinski definition) is 3. The van der Waals surface area contributed by atoms with Crippen molar-refractivity contribution >= 4 is 15.9 Å². The molecule has 2 atom stereocenters. The minimum atomic E-state index is 0.351. The summed E-state index contributed by atoms with van der Waals surface area (Å²) in [5.74, 6) is 1.57. The van der Waals surface area contributed by atoms with Crippen molar-refractivity contribution in [3.8, 4) is 0 Å². The van der Waals surface area contributed by atoms with Crippen LogP contribution in [0.3, 0.4) is 0 Å². The molecule has 0 amide bonds. The fourth-order valence-electron chi connectivity index (χ4n) is 3.00. The molecular weight excluding hydrogens is 292 g/mol. The van der Waals surface area contributed by atoms with Crippen molar-refractivity contribution in [3.05, 3.63) is 22.6 Å². The van der Waals surface area contributed by atoms with E-state index in [1.54, 1.807) is 0 Å². The molecule has 1 saturated heterocycles. The average molecular weight is 315 g/mol. The summed E-state index contributed by atoms with van der Waals surface area (Å²) in [6.45, 7) is 5.26. The molecule has 2 N–H and O–H groups in total. The Balaban J connectivity index is 2.25. The van der Waals surface area contributed by atoms with E-state index in [-0.39, 0.29) is 0 Å². The van der Waals surface area contributed by atoms with Crippen LogP contribution >= 0.6 is 15.9 Å². The van der Waals surface area contributed by atoms with Crippen LogP contribution in [-0.4, -0.2) is 24.5 Å². The van der Waals surface area contributed by atoms with Crippen molar-refractivity contribution in [2.24, 2.45) is 11.7 Å². The topological polar surface area (TPSA) is 42.4 Å². The van der Waals surface area contributed by atoms with Gasteiger partial charge in [0, 0.05) is 0 Å². The molecule has 102 valence electrons. The Hall–Kier alpha value is -0.320. The van der Waals surface area contributed by atoms with E-state index in [9.17, 15) is 0 Å². The lowest BCUT2D eigenvalue weighted by atomic mass is 9.93. The third kappa shape index (κ3) is 3.16. The summed E-state index contributed by atoms with van der Waals surface area (Å²) in [4.78, 5) is 2.55. The fourth-order valence-corrected chi connectivity index (χ4v) is 3.32. The van der Waals surface area contributed by atoms with Gasteiger partial charge in [0.25, 0.3) is 0 Å². The lowest BCUT2D eigenvalue weighted by Crippen LogP contribution is -2.36. The second-order valence-electron chi connectivity index (χ2n) is 5.11. The first-order valence-corrected chi connectivity index (χ1v) is 7.75. The number of rotatable bonds is 4. The highest BCUT2D eigenvalue weighted by atomic mass is 79.9. The molecule has 0 aliphatic carbocycles. The summed E-state index contributed by atoms with van der Waals surface area (Å²) in [6.07, 6.45) is 4.94. The predicted octanol–water partition coefficient (Wildman–Crippen LogP) is 3.55. The maximum absolute atomic E-state index is 5.99. The van der Waals surface area contributed by atoms with Crippen LogP contribution in [0.5, 0.6) is 0 Å². The van der Waals surface area contributed by atoms with Crippen LogP contribution in [0.15, 0.2) is 21.2 Å². The average Bonchev–Trinajstić information content (AvgIpc) is 2.68. The zero-order valence-corrected chi connectivity index (χ0v) is 12.7. The Bertz CT molecular complexity index is 366. The van der Waals surface area contributed by atoms with Crippen LogP contribution in [0.25, 0.3) is 0 Å². The van der Waals surface area contributed by atoms with E-state index in [0.29, 0.717) is 12.0 Å². The molecule has 1 aliphatic rings. The first-order valence-electron chi connectivity index (χ1n) is 6.95. The standard InChI is InChI=1S/C14H23BrN2O/c1-2-8-17-9-4-3-5-11(10-16)14(17)12-6-7-13(15)18-12/h6-7,11,14H,2-5,8-10,16H2,1H3. The van der Waals surface area contributed by atoms with Crippen molar-refractivity contribution in [3.63, 3.8) is 0 Å². The van der Waals surface area contributed by atoms with E-state index in [0.717, 1.165) is 30.1 Å². The van der Waals surface area contributed by atoms with Gasteiger partial charge in [-0.2, -0.15) is 0 Å². The molecule has 0 bridgehead atoms. The van der Waals surface area contributed by atoms with Crippen LogP contribution in [0.4, 0.5) is 0 Å². The summed E-state index contributed by atoms with van der Waals surface area (Å²) < 4.78 is 6.62. The van der Waals surface area contributed by atoms with E-state index in [1.807, 2.05) is 6.07 Å². The van der Waals surface area contributed by atoms with Gasteiger partial charge in [-0.25, -0.2) is 0 Å². The van der Waals surface area contributed by atoms with Gasteiger partial charge < -0.3 is 10.2 Å². The summed E-state index contributed by atoms with van der Waals surface area (Å²) in [6, 6.07) is 4.42. The third-order valence-corrected chi connectivity index (χ3v) is 4.24. The Morgan fingerprint density at radius 3 is 2.89 bits per heavy atom. The molecule has 1 aliphatic heterocycles. The smallest absolute Gasteiger partial charge is 0.169 e. The molecule has 0 spiro atoms. The molecule has 2 unspecified atom stereocenters. The van der Waals surface area contributed by atoms with Gasteiger partial charge in [-0.3, -0.25) is 4.90 Å². The number of likely N-dealkylation sites (tertiary alicyclic amines) is 1. The second-order valence-corrected chi connectivity index (χ2v) is 5.90.